The van der Waals surface area contributed by atoms with Crippen LogP contribution in [0.25, 0.3) is 0 Å². The number of amides is 1. The topological polar surface area (TPSA) is 123 Å². The first-order chi connectivity index (χ1) is 15.7. The molecule has 1 aliphatic carbocycles. The van der Waals surface area contributed by atoms with Crippen LogP contribution < -0.4 is 16.8 Å². The number of rotatable bonds is 8. The molecule has 1 saturated carbocycles. The Morgan fingerprint density at radius 3 is 2.52 bits per heavy atom. The smallest absolute Gasteiger partial charge is 0.270 e. The number of aliphatic hydroxyl groups excluding tert-OH is 1. The van der Waals surface area contributed by atoms with Gasteiger partial charge in [0.2, 0.25) is 0 Å². The summed E-state index contributed by atoms with van der Waals surface area (Å²) < 4.78 is 0. The van der Waals surface area contributed by atoms with Crippen molar-refractivity contribution in [2.24, 2.45) is 16.5 Å². The number of hydrogen-bond acceptors (Lipinski definition) is 7. The van der Waals surface area contributed by atoms with Crippen LogP contribution in [0.1, 0.15) is 25.7 Å². The lowest BCUT2D eigenvalue weighted by molar-refractivity contribution is -0.126. The zero-order valence-corrected chi connectivity index (χ0v) is 19.5. The third-order valence-electron chi connectivity index (χ3n) is 5.93. The highest BCUT2D eigenvalue weighted by atomic mass is 16.3. The number of aliphatic hydroxyl groups is 1. The van der Waals surface area contributed by atoms with Gasteiger partial charge in [0.25, 0.3) is 5.91 Å². The van der Waals surface area contributed by atoms with Crippen molar-refractivity contribution in [1.82, 2.24) is 20.0 Å². The molecule has 33 heavy (non-hydrogen) atoms. The Labute approximate surface area is 195 Å². The summed E-state index contributed by atoms with van der Waals surface area (Å²) >= 11 is 0. The highest BCUT2D eigenvalue weighted by Gasteiger charge is 2.37. The fourth-order valence-electron chi connectivity index (χ4n) is 4.21. The second-order valence-corrected chi connectivity index (χ2v) is 8.64. The van der Waals surface area contributed by atoms with E-state index in [0.29, 0.717) is 41.8 Å². The number of nitrogens with one attached hydrogen (secondary N) is 1. The van der Waals surface area contributed by atoms with Gasteiger partial charge in [-0.25, -0.2) is 4.99 Å². The lowest BCUT2D eigenvalue weighted by atomic mass is 10.1. The van der Waals surface area contributed by atoms with E-state index in [1.54, 1.807) is 37.2 Å². The molecule has 9 heteroatoms. The normalized spacial score (nSPS) is 22.6. The molecule has 1 amide bonds. The molecular weight excluding hydrogens is 418 g/mol. The Balaban J connectivity index is 1.79. The van der Waals surface area contributed by atoms with Gasteiger partial charge >= 0.3 is 0 Å². The van der Waals surface area contributed by atoms with Crippen LogP contribution in [-0.4, -0.2) is 70.9 Å². The summed E-state index contributed by atoms with van der Waals surface area (Å²) in [5, 5.41) is 12.5. The van der Waals surface area contributed by atoms with Crippen molar-refractivity contribution >= 4 is 11.7 Å². The van der Waals surface area contributed by atoms with Crippen LogP contribution in [0, 0.1) is 0 Å². The molecule has 2 aliphatic heterocycles. The number of likely N-dealkylation sites (tertiary alicyclic amines) is 1. The lowest BCUT2D eigenvalue weighted by Gasteiger charge is -2.38. The summed E-state index contributed by atoms with van der Waals surface area (Å²) in [6, 6.07) is 0.182. The maximum Gasteiger partial charge on any atom is 0.270 e. The Morgan fingerprint density at radius 1 is 1.30 bits per heavy atom. The van der Waals surface area contributed by atoms with Gasteiger partial charge in [-0.3, -0.25) is 4.79 Å². The molecule has 9 nitrogen and oxygen atoms in total. The average molecular weight is 454 g/mol. The van der Waals surface area contributed by atoms with E-state index < -0.39 is 0 Å². The van der Waals surface area contributed by atoms with Crippen molar-refractivity contribution in [1.29, 1.82) is 0 Å². The number of likely N-dealkylation sites (N-methyl/N-ethyl adjacent to an activating group) is 1. The van der Waals surface area contributed by atoms with Gasteiger partial charge in [0.1, 0.15) is 23.2 Å². The first kappa shape index (κ1) is 24.2. The number of amidine groups is 1. The number of nitrogens with two attached hydrogens (primary N) is 2. The average Bonchev–Trinajstić information content (AvgIpc) is 3.39. The molecule has 178 valence electrons. The lowest BCUT2D eigenvalue weighted by Crippen LogP contribution is -2.49. The van der Waals surface area contributed by atoms with Gasteiger partial charge in [-0.1, -0.05) is 26.0 Å². The minimum absolute atomic E-state index is 0.0948. The van der Waals surface area contributed by atoms with E-state index in [-0.39, 0.29) is 18.1 Å². The monoisotopic (exact) mass is 453 g/mol. The molecule has 0 aromatic carbocycles. The van der Waals surface area contributed by atoms with Crippen LogP contribution in [0.4, 0.5) is 0 Å². The molecule has 3 rings (SSSR count). The van der Waals surface area contributed by atoms with E-state index in [1.807, 2.05) is 15.9 Å². The second-order valence-electron chi connectivity index (χ2n) is 8.64. The summed E-state index contributed by atoms with van der Waals surface area (Å²) in [6.45, 7) is 8.96. The minimum atomic E-state index is -0.305. The van der Waals surface area contributed by atoms with Crippen LogP contribution in [0.2, 0.25) is 0 Å². The van der Waals surface area contributed by atoms with Gasteiger partial charge in [0.05, 0.1) is 6.10 Å². The molecule has 6 N–H and O–H groups in total. The van der Waals surface area contributed by atoms with E-state index in [9.17, 15) is 9.90 Å². The van der Waals surface area contributed by atoms with Crippen LogP contribution in [0.3, 0.4) is 0 Å². The fourth-order valence-corrected chi connectivity index (χ4v) is 4.21. The molecule has 0 unspecified atom stereocenters. The first-order valence-electron chi connectivity index (χ1n) is 11.2. The second kappa shape index (κ2) is 10.4. The molecule has 0 aromatic heterocycles. The number of hydrogen-bond donors (Lipinski definition) is 4. The predicted molar refractivity (Wildman–Crippen MR) is 131 cm³/mol. The zero-order chi connectivity index (χ0) is 24.1. The summed E-state index contributed by atoms with van der Waals surface area (Å²) in [6.07, 6.45) is 12.4. The van der Waals surface area contributed by atoms with Gasteiger partial charge in [0.15, 0.2) is 0 Å². The predicted octanol–water partition coefficient (Wildman–Crippen LogP) is 1.07. The number of aliphatic imine (C=N–C) groups is 1. The van der Waals surface area contributed by atoms with Crippen molar-refractivity contribution in [3.63, 3.8) is 0 Å². The standard InChI is InChI=1S/C24H35N7O2/c1-5-18(30-14-20(32)15-30)10-11-22(26)27-16(2)28-23-17(13-25)12-21(24(33)29(3)4)31(23)19-8-6-7-9-19/h5,10-13,19-20,27,32H,1-2,6-9,14-15,25-26H2,3-4H3/b17-13-,18-10+,22-11+,28-23+. The molecule has 3 aliphatic rings. The van der Waals surface area contributed by atoms with E-state index in [1.165, 1.54) is 6.20 Å². The van der Waals surface area contributed by atoms with Crippen LogP contribution in [-0.2, 0) is 4.79 Å². The molecule has 0 atom stereocenters. The van der Waals surface area contributed by atoms with E-state index in [0.717, 1.165) is 31.4 Å². The van der Waals surface area contributed by atoms with Crippen LogP contribution in [0.5, 0.6) is 0 Å². The van der Waals surface area contributed by atoms with Gasteiger partial charge in [-0.05, 0) is 37.1 Å². The Bertz CT molecular complexity index is 946. The Kier molecular flexibility index (Phi) is 7.65. The molecular formula is C24H35N7O2. The minimum Gasteiger partial charge on any atom is -0.404 e. The largest absolute Gasteiger partial charge is 0.404 e. The Morgan fingerprint density at radius 2 is 1.97 bits per heavy atom. The fraction of sp³-hybridized carbons (Fsp3) is 0.417. The molecule has 2 fully saturated rings. The van der Waals surface area contributed by atoms with Crippen molar-refractivity contribution < 1.29 is 9.90 Å². The number of carbonyl (C=O) groups excluding carboxylic acids is 1. The molecule has 0 bridgehead atoms. The van der Waals surface area contributed by atoms with Crippen molar-refractivity contribution in [2.75, 3.05) is 27.2 Å². The van der Waals surface area contributed by atoms with E-state index >= 15 is 0 Å². The summed E-state index contributed by atoms with van der Waals surface area (Å²) in [4.78, 5) is 23.1. The van der Waals surface area contributed by atoms with Gasteiger partial charge in [-0.15, -0.1) is 0 Å². The highest BCUT2D eigenvalue weighted by molar-refractivity contribution is 6.12. The third kappa shape index (κ3) is 5.48. The van der Waals surface area contributed by atoms with Gasteiger partial charge < -0.3 is 36.6 Å². The summed E-state index contributed by atoms with van der Waals surface area (Å²) in [7, 11) is 3.46. The van der Waals surface area contributed by atoms with Gasteiger partial charge in [0, 0.05) is 50.7 Å². The third-order valence-corrected chi connectivity index (χ3v) is 5.93. The molecule has 0 radical (unpaired) electrons. The molecule has 0 spiro atoms. The first-order valence-corrected chi connectivity index (χ1v) is 11.2. The summed E-state index contributed by atoms with van der Waals surface area (Å²) in [5.74, 6) is 1.19. The maximum atomic E-state index is 12.9. The van der Waals surface area contributed by atoms with Crippen molar-refractivity contribution in [2.45, 2.75) is 37.8 Å². The molecule has 0 aromatic rings. The van der Waals surface area contributed by atoms with Crippen LogP contribution in [0.15, 0.2) is 77.3 Å². The van der Waals surface area contributed by atoms with Crippen molar-refractivity contribution in [3.8, 4) is 0 Å². The highest BCUT2D eigenvalue weighted by Crippen LogP contribution is 2.33. The summed E-state index contributed by atoms with van der Waals surface area (Å²) in [5.41, 5.74) is 14.1. The molecule has 2 heterocycles. The van der Waals surface area contributed by atoms with Crippen molar-refractivity contribution in [3.05, 3.63) is 72.3 Å². The molecule has 1 saturated heterocycles. The van der Waals surface area contributed by atoms with Crippen LogP contribution >= 0.6 is 0 Å². The van der Waals surface area contributed by atoms with E-state index in [2.05, 4.69) is 23.5 Å². The number of nitrogens with zero attached hydrogens (tertiary/aromatic N) is 4. The number of β-amino-alcohol motifs (C(OH)–C–C–N with tert-alkyl or cyclic N) is 1. The Hall–Kier alpha value is -3.46. The van der Waals surface area contributed by atoms with Gasteiger partial charge in [-0.2, -0.15) is 0 Å². The zero-order valence-electron chi connectivity index (χ0n) is 19.5. The SMILES string of the molecule is C=C/C(=C\C=C(/N)NC(=C)/N=C1\C(=C/N)C=C(C(=O)N(C)C)N1C1CCCC1)N1CC(O)C1. The maximum absolute atomic E-state index is 12.9. The quantitative estimate of drug-likeness (QED) is 0.405. The van der Waals surface area contributed by atoms with E-state index in [4.69, 9.17) is 11.5 Å². The number of allylic oxidation sites excluding steroid dienone is 3. The number of carbonyl (C=O) groups is 1.